The van der Waals surface area contributed by atoms with Gasteiger partial charge in [0, 0.05) is 35.2 Å². The van der Waals surface area contributed by atoms with Gasteiger partial charge in [-0.2, -0.15) is 8.42 Å². The van der Waals surface area contributed by atoms with E-state index >= 15 is 0 Å². The Morgan fingerprint density at radius 2 is 1.56 bits per heavy atom. The summed E-state index contributed by atoms with van der Waals surface area (Å²) in [7, 11) is -4.54. The first kappa shape index (κ1) is 31.7. The van der Waals surface area contributed by atoms with Crippen molar-refractivity contribution >= 4 is 51.3 Å². The van der Waals surface area contributed by atoms with Gasteiger partial charge in [0.25, 0.3) is 27.4 Å². The summed E-state index contributed by atoms with van der Waals surface area (Å²) in [6, 6.07) is 17.5. The fourth-order valence-corrected chi connectivity index (χ4v) is 7.78. The van der Waals surface area contributed by atoms with Crippen molar-refractivity contribution in [1.82, 2.24) is 4.90 Å². The molecule has 0 saturated carbocycles. The van der Waals surface area contributed by atoms with E-state index in [0.29, 0.717) is 11.1 Å². The fraction of sp³-hybridized carbons (Fsp3) is 0.276. The second-order valence-electron chi connectivity index (χ2n) is 10.7. The number of fused-ring (bicyclic) bond motifs is 1. The van der Waals surface area contributed by atoms with Crippen molar-refractivity contribution < 1.29 is 36.8 Å². The normalized spacial score (nSPS) is 22.1. The lowest BCUT2D eigenvalue weighted by atomic mass is 9.81. The van der Waals surface area contributed by atoms with Crippen molar-refractivity contribution in [3.63, 3.8) is 0 Å². The number of nitrogens with zero attached hydrogens (tertiary/aromatic N) is 4. The molecule has 0 bridgehead atoms. The van der Waals surface area contributed by atoms with Crippen molar-refractivity contribution in [1.29, 1.82) is 0 Å². The Labute approximate surface area is 261 Å². The van der Waals surface area contributed by atoms with E-state index in [1.54, 1.807) is 44.2 Å². The molecule has 45 heavy (non-hydrogen) atoms. The summed E-state index contributed by atoms with van der Waals surface area (Å²) in [6.45, 7) is 2.41. The van der Waals surface area contributed by atoms with Gasteiger partial charge >= 0.3 is 5.97 Å². The molecule has 16 heteroatoms. The zero-order chi connectivity index (χ0) is 32.6. The third-order valence-electron chi connectivity index (χ3n) is 7.64. The molecule has 5 rings (SSSR count). The number of ether oxygens (including phenoxy) is 1. The predicted molar refractivity (Wildman–Crippen MR) is 162 cm³/mol. The summed E-state index contributed by atoms with van der Waals surface area (Å²) in [4.78, 5) is 53.6. The zero-order valence-electron chi connectivity index (χ0n) is 23.8. The van der Waals surface area contributed by atoms with Crippen LogP contribution in [0.25, 0.3) is 0 Å². The molecule has 234 valence electrons. The number of thioether (sulfide) groups is 1. The highest BCUT2D eigenvalue weighted by molar-refractivity contribution is 8.01. The van der Waals surface area contributed by atoms with E-state index in [1.165, 1.54) is 47.1 Å². The maximum absolute atomic E-state index is 14.0. The number of β-lactam (4-membered cyclic amide) rings is 1. The molecule has 2 fully saturated rings. The molecule has 1 amide bonds. The average Bonchev–Trinajstić information content (AvgIpc) is 3.23. The van der Waals surface area contributed by atoms with Crippen LogP contribution in [-0.4, -0.2) is 69.6 Å². The summed E-state index contributed by atoms with van der Waals surface area (Å²) in [5, 5.41) is 21.3. The van der Waals surface area contributed by atoms with Crippen LogP contribution >= 0.6 is 11.8 Å². The minimum absolute atomic E-state index is 0.103. The van der Waals surface area contributed by atoms with E-state index in [9.17, 15) is 38.2 Å². The number of hydrogen-bond donors (Lipinski definition) is 0. The number of non-ortho nitro benzene ring substituents is 2. The predicted octanol–water partition coefficient (Wildman–Crippen LogP) is 3.87. The van der Waals surface area contributed by atoms with Crippen molar-refractivity contribution in [3.8, 4) is 0 Å². The number of benzene rings is 3. The molecule has 0 unspecified atom stereocenters. The molecule has 0 aromatic heterocycles. The smallest absolute Gasteiger partial charge is 0.336 e. The van der Waals surface area contributed by atoms with Crippen LogP contribution in [0, 0.1) is 20.2 Å². The minimum atomic E-state index is -4.54. The van der Waals surface area contributed by atoms with Gasteiger partial charge in [-0.15, -0.1) is 11.8 Å². The van der Waals surface area contributed by atoms with Crippen molar-refractivity contribution in [2.75, 3.05) is 6.61 Å². The van der Waals surface area contributed by atoms with Gasteiger partial charge in [-0.1, -0.05) is 30.3 Å². The molecular weight excluding hydrogens is 628 g/mol. The Morgan fingerprint density at radius 3 is 2.13 bits per heavy atom. The first-order valence-corrected chi connectivity index (χ1v) is 15.7. The molecule has 0 N–H and O–H groups in total. The molecule has 2 heterocycles. The molecular formula is C29H26N4O10S2. The number of nitro benzene ring substituents is 2. The number of rotatable bonds is 11. The van der Waals surface area contributed by atoms with E-state index < -0.39 is 60.1 Å². The van der Waals surface area contributed by atoms with Crippen molar-refractivity contribution in [3.05, 3.63) is 110 Å². The van der Waals surface area contributed by atoms with Crippen LogP contribution in [0.3, 0.4) is 0 Å². The van der Waals surface area contributed by atoms with Crippen LogP contribution in [0.1, 0.15) is 25.0 Å². The fourth-order valence-electron chi connectivity index (χ4n) is 5.10. The van der Waals surface area contributed by atoms with Crippen LogP contribution in [0.5, 0.6) is 0 Å². The highest BCUT2D eigenvalue weighted by Gasteiger charge is 2.73. The lowest BCUT2D eigenvalue weighted by Crippen LogP contribution is -2.74. The number of amides is 1. The van der Waals surface area contributed by atoms with Crippen LogP contribution in [-0.2, 0) is 35.2 Å². The molecule has 3 aromatic rings. The third kappa shape index (κ3) is 5.91. The van der Waals surface area contributed by atoms with Crippen LogP contribution in [0.15, 0.2) is 88.8 Å². The van der Waals surface area contributed by atoms with Gasteiger partial charge < -0.3 is 9.64 Å². The Balaban J connectivity index is 1.43. The van der Waals surface area contributed by atoms with E-state index in [4.69, 9.17) is 8.92 Å². The highest BCUT2D eigenvalue weighted by Crippen LogP contribution is 2.58. The van der Waals surface area contributed by atoms with E-state index in [-0.39, 0.29) is 22.9 Å². The monoisotopic (exact) mass is 654 g/mol. The molecule has 14 nitrogen and oxygen atoms in total. The largest absolute Gasteiger partial charge is 0.459 e. The minimum Gasteiger partial charge on any atom is -0.459 e. The second kappa shape index (κ2) is 12.0. The molecule has 3 atom stereocenters. The molecule has 2 aliphatic rings. The van der Waals surface area contributed by atoms with Gasteiger partial charge in [-0.05, 0) is 49.2 Å². The summed E-state index contributed by atoms with van der Waals surface area (Å²) in [5.74, 6) is -1.44. The van der Waals surface area contributed by atoms with Gasteiger partial charge in [0.05, 0.1) is 14.7 Å². The Morgan fingerprint density at radius 1 is 0.978 bits per heavy atom. The second-order valence-corrected chi connectivity index (χ2v) is 14.0. The van der Waals surface area contributed by atoms with Gasteiger partial charge in [-0.25, -0.2) is 4.79 Å². The Kier molecular flexibility index (Phi) is 8.48. The quantitative estimate of drug-likeness (QED) is 0.0729. The van der Waals surface area contributed by atoms with E-state index in [1.807, 2.05) is 0 Å². The summed E-state index contributed by atoms with van der Waals surface area (Å²) >= 11 is 1.23. The molecule has 2 saturated heterocycles. The molecule has 2 aliphatic heterocycles. The Hall–Kier alpha value is -4.67. The maximum atomic E-state index is 14.0. The summed E-state index contributed by atoms with van der Waals surface area (Å²) < 4.78 is 36.3. The Bertz CT molecular complexity index is 1780. The number of hydrogen-bond acceptors (Lipinski definition) is 12. The lowest BCUT2D eigenvalue weighted by Gasteiger charge is -2.48. The number of carbonyl (C=O) groups excluding carboxylic acids is 2. The summed E-state index contributed by atoms with van der Waals surface area (Å²) in [6.07, 6.45) is 1.40. The van der Waals surface area contributed by atoms with Crippen LogP contribution in [0.2, 0.25) is 0 Å². The molecule has 3 aromatic carbocycles. The molecule has 0 spiro atoms. The zero-order valence-corrected chi connectivity index (χ0v) is 25.5. The van der Waals surface area contributed by atoms with Crippen molar-refractivity contribution in [2.24, 2.45) is 4.99 Å². The van der Waals surface area contributed by atoms with E-state index in [2.05, 4.69) is 4.99 Å². The SMILES string of the molecule is CC1(C)S[C@@H]2[C@@H](N=Cc3ccc([N+](=O)[O-])cc3)C(=O)N2[C@@]1(COS(=O)(=O)c1ccc([N+](=O)[O-])cc1)C(=O)OCc1ccccc1. The van der Waals surface area contributed by atoms with Crippen LogP contribution in [0.4, 0.5) is 11.4 Å². The highest BCUT2D eigenvalue weighted by atomic mass is 32.2. The average molecular weight is 655 g/mol. The summed E-state index contributed by atoms with van der Waals surface area (Å²) in [5.41, 5.74) is -1.14. The molecule has 0 aliphatic carbocycles. The number of esters is 1. The number of aliphatic imine (C=N–C) groups is 1. The first-order chi connectivity index (χ1) is 21.3. The first-order valence-electron chi connectivity index (χ1n) is 13.4. The van der Waals surface area contributed by atoms with Gasteiger partial charge in [0.1, 0.15) is 18.6 Å². The van der Waals surface area contributed by atoms with Crippen LogP contribution < -0.4 is 0 Å². The number of carbonyl (C=O) groups is 2. The van der Waals surface area contributed by atoms with Crippen molar-refractivity contribution in [2.45, 2.75) is 47.1 Å². The topological polar surface area (TPSA) is 189 Å². The van der Waals surface area contributed by atoms with Gasteiger partial charge in [0.15, 0.2) is 11.6 Å². The standard InChI is InChI=1S/C29H26N4O10S2/c1-28(2)29(27(35)42-17-20-6-4-3-5-7-20,18-43-45(40,41)23-14-12-22(13-15-23)33(38)39)31-25(34)24(26(31)44-28)30-16-19-8-10-21(11-9-19)32(36)37/h3-16,24,26H,17-18H2,1-2H3/t24-,26+,29-/m0/s1. The van der Waals surface area contributed by atoms with E-state index in [0.717, 1.165) is 24.3 Å². The maximum Gasteiger partial charge on any atom is 0.336 e. The molecule has 0 radical (unpaired) electrons. The lowest BCUT2D eigenvalue weighted by molar-refractivity contribution is -0.385. The van der Waals surface area contributed by atoms with Gasteiger partial charge in [0.2, 0.25) is 0 Å². The van der Waals surface area contributed by atoms with Gasteiger partial charge in [-0.3, -0.25) is 34.2 Å². The number of nitro groups is 2. The third-order valence-corrected chi connectivity index (χ3v) is 10.6.